The van der Waals surface area contributed by atoms with Crippen LogP contribution >= 0.6 is 0 Å². The lowest BCUT2D eigenvalue weighted by atomic mass is 9.88. The monoisotopic (exact) mass is 775 g/mol. The maximum Gasteiger partial charge on any atom is 0.410 e. The highest BCUT2D eigenvalue weighted by molar-refractivity contribution is 6.76. The summed E-state index contributed by atoms with van der Waals surface area (Å²) < 4.78 is 27.2. The van der Waals surface area contributed by atoms with Gasteiger partial charge in [0.2, 0.25) is 0 Å². The summed E-state index contributed by atoms with van der Waals surface area (Å²) in [7, 11) is -4.33. The SMILES string of the molecule is CC(C)(C)OC(=O)N1[C@@H]2CC[C@H]1CC(c1cc(N(COCC[Si](C)(C)C)COCC[Si](C)(C)C)n3ncc(CCCO[Si](C)(C)C(C)(C)C)c3n1)C2. The number of aromatic nitrogens is 3. The zero-order valence-corrected chi connectivity index (χ0v) is 38.4. The van der Waals surface area contributed by atoms with E-state index in [1.54, 1.807) is 0 Å². The number of carbonyl (C=O) groups is 1. The minimum Gasteiger partial charge on any atom is -0.444 e. The molecule has 4 rings (SSSR count). The minimum absolute atomic E-state index is 0.155. The molecule has 2 aromatic heterocycles. The van der Waals surface area contributed by atoms with Crippen molar-refractivity contribution in [1.82, 2.24) is 19.5 Å². The van der Waals surface area contributed by atoms with Gasteiger partial charge in [0.15, 0.2) is 14.0 Å². The van der Waals surface area contributed by atoms with Gasteiger partial charge in [-0.15, -0.1) is 0 Å². The molecule has 0 spiro atoms. The first-order chi connectivity index (χ1) is 23.9. The van der Waals surface area contributed by atoms with Crippen molar-refractivity contribution in [3.8, 4) is 0 Å². The van der Waals surface area contributed by atoms with Crippen molar-refractivity contribution >= 4 is 42.0 Å². The second-order valence-electron chi connectivity index (χ2n) is 20.3. The number of aryl methyl sites for hydroxylation is 1. The van der Waals surface area contributed by atoms with E-state index in [0.717, 1.165) is 93.2 Å². The number of piperidine rings is 1. The van der Waals surface area contributed by atoms with Crippen molar-refractivity contribution in [3.63, 3.8) is 0 Å². The molecule has 3 atom stereocenters. The maximum atomic E-state index is 13.3. The van der Waals surface area contributed by atoms with E-state index in [2.05, 4.69) is 84.1 Å². The Morgan fingerprint density at radius 1 is 0.865 bits per heavy atom. The summed E-state index contributed by atoms with van der Waals surface area (Å²) in [5.74, 6) is 1.18. The highest BCUT2D eigenvalue weighted by Crippen LogP contribution is 2.44. The van der Waals surface area contributed by atoms with Crippen LogP contribution in [0.4, 0.5) is 10.6 Å². The minimum atomic E-state index is -1.83. The molecule has 4 heterocycles. The number of nitrogens with zero attached hydrogens (tertiary/aromatic N) is 5. The molecular formula is C39H73N5O5Si3. The molecule has 13 heteroatoms. The lowest BCUT2D eigenvalue weighted by molar-refractivity contribution is 0.00568. The third kappa shape index (κ3) is 12.1. The summed E-state index contributed by atoms with van der Waals surface area (Å²) >= 11 is 0. The van der Waals surface area contributed by atoms with Gasteiger partial charge in [-0.1, -0.05) is 60.1 Å². The van der Waals surface area contributed by atoms with Gasteiger partial charge >= 0.3 is 6.09 Å². The van der Waals surface area contributed by atoms with E-state index in [1.165, 1.54) is 0 Å². The van der Waals surface area contributed by atoms with Gasteiger partial charge < -0.3 is 28.4 Å². The summed E-state index contributed by atoms with van der Waals surface area (Å²) in [6.45, 7) is 34.7. The molecule has 1 amide bonds. The second kappa shape index (κ2) is 16.9. The van der Waals surface area contributed by atoms with E-state index >= 15 is 0 Å². The number of ether oxygens (including phenoxy) is 3. The van der Waals surface area contributed by atoms with Crippen molar-refractivity contribution in [1.29, 1.82) is 0 Å². The van der Waals surface area contributed by atoms with Crippen molar-refractivity contribution in [3.05, 3.63) is 23.5 Å². The number of fused-ring (bicyclic) bond motifs is 3. The summed E-state index contributed by atoms with van der Waals surface area (Å²) in [5, 5.41) is 5.13. The second-order valence-corrected chi connectivity index (χ2v) is 36.4. The van der Waals surface area contributed by atoms with Gasteiger partial charge in [-0.05, 0) is 89.5 Å². The zero-order chi connectivity index (χ0) is 38.7. The Labute approximate surface area is 318 Å². The van der Waals surface area contributed by atoms with E-state index in [9.17, 15) is 4.79 Å². The zero-order valence-electron chi connectivity index (χ0n) is 35.4. The van der Waals surface area contributed by atoms with Crippen LogP contribution in [0.15, 0.2) is 12.3 Å². The smallest absolute Gasteiger partial charge is 0.410 e. The summed E-state index contributed by atoms with van der Waals surface area (Å²) in [6, 6.07) is 4.75. The Morgan fingerprint density at radius 3 is 1.92 bits per heavy atom. The molecule has 2 saturated heterocycles. The van der Waals surface area contributed by atoms with Crippen molar-refractivity contribution in [2.75, 3.05) is 38.2 Å². The molecule has 2 bridgehead atoms. The van der Waals surface area contributed by atoms with Gasteiger partial charge in [0.05, 0.1) is 6.20 Å². The van der Waals surface area contributed by atoms with Crippen LogP contribution in [-0.4, -0.2) is 101 Å². The van der Waals surface area contributed by atoms with Crippen LogP contribution in [0.3, 0.4) is 0 Å². The molecule has 2 aliphatic rings. The number of amides is 1. The number of hydrogen-bond donors (Lipinski definition) is 0. The molecule has 0 radical (unpaired) electrons. The largest absolute Gasteiger partial charge is 0.444 e. The molecule has 0 N–H and O–H groups in total. The van der Waals surface area contributed by atoms with Gasteiger partial charge in [-0.2, -0.15) is 9.61 Å². The third-order valence-corrected chi connectivity index (χ3v) is 18.9. The van der Waals surface area contributed by atoms with Crippen LogP contribution in [0.2, 0.25) is 69.5 Å². The molecule has 0 saturated carbocycles. The lowest BCUT2D eigenvalue weighted by Gasteiger charge is -2.39. The van der Waals surface area contributed by atoms with E-state index < -0.39 is 30.1 Å². The molecule has 0 aromatic carbocycles. The first-order valence-corrected chi connectivity index (χ1v) is 30.2. The predicted octanol–water partition coefficient (Wildman–Crippen LogP) is 9.76. The average molecular weight is 776 g/mol. The first kappa shape index (κ1) is 43.0. The standard InChI is InChI=1S/C39H73N5O5Si3/c1-38(2,3)49-37(45)43-32-17-18-33(43)25-31(24-32)34-26-35(42(28-46-20-22-50(7,8)9)29-47-21-23-51(10,11)12)44-36(41-34)30(27-40-44)16-15-19-48-52(13,14)39(4,5)6/h26-27,31-33H,15-25,28-29H2,1-14H3/t31?,32-,33+. The van der Waals surface area contributed by atoms with Crippen molar-refractivity contribution in [2.24, 2.45) is 0 Å². The molecule has 52 heavy (non-hydrogen) atoms. The van der Waals surface area contributed by atoms with E-state index in [1.807, 2.05) is 36.4 Å². The summed E-state index contributed by atoms with van der Waals surface area (Å²) in [6.07, 6.45) is 7.33. The van der Waals surface area contributed by atoms with Crippen LogP contribution < -0.4 is 4.90 Å². The number of rotatable bonds is 17. The quantitative estimate of drug-likeness (QED) is 0.0892. The molecule has 10 nitrogen and oxygen atoms in total. The molecule has 296 valence electrons. The molecule has 2 aromatic rings. The van der Waals surface area contributed by atoms with E-state index in [-0.39, 0.29) is 29.1 Å². The lowest BCUT2D eigenvalue weighted by Crippen LogP contribution is -2.48. The van der Waals surface area contributed by atoms with Gasteiger partial charge in [0.25, 0.3) is 0 Å². The molecule has 1 unspecified atom stereocenters. The highest BCUT2D eigenvalue weighted by atomic mass is 28.4. The number of hydrogen-bond acceptors (Lipinski definition) is 8. The van der Waals surface area contributed by atoms with Crippen LogP contribution in [0.1, 0.15) is 90.8 Å². The van der Waals surface area contributed by atoms with Crippen LogP contribution in [0.5, 0.6) is 0 Å². The molecule has 0 aliphatic carbocycles. The fourth-order valence-electron chi connectivity index (χ4n) is 6.73. The van der Waals surface area contributed by atoms with Crippen LogP contribution in [0.25, 0.3) is 5.65 Å². The van der Waals surface area contributed by atoms with Gasteiger partial charge in [-0.3, -0.25) is 0 Å². The average Bonchev–Trinajstić information content (AvgIpc) is 3.52. The first-order valence-electron chi connectivity index (χ1n) is 19.9. The normalized spacial score (nSPS) is 20.2. The molecule has 2 fully saturated rings. The predicted molar refractivity (Wildman–Crippen MR) is 222 cm³/mol. The number of carbonyl (C=O) groups excluding carboxylic acids is 1. The van der Waals surface area contributed by atoms with Crippen LogP contribution in [0, 0.1) is 0 Å². The fourth-order valence-corrected chi connectivity index (χ4v) is 9.34. The van der Waals surface area contributed by atoms with Gasteiger partial charge in [0.1, 0.15) is 24.9 Å². The van der Waals surface area contributed by atoms with Gasteiger partial charge in [-0.25, -0.2) is 9.78 Å². The summed E-state index contributed by atoms with van der Waals surface area (Å²) in [4.78, 5) is 22.9. The Kier molecular flexibility index (Phi) is 14.0. The third-order valence-electron chi connectivity index (χ3n) is 11.0. The molecular weight excluding hydrogens is 703 g/mol. The Balaban J connectivity index is 1.65. The Morgan fingerprint density at radius 2 is 1.42 bits per heavy atom. The fraction of sp³-hybridized carbons (Fsp3) is 0.821. The number of anilines is 1. The highest BCUT2D eigenvalue weighted by Gasteiger charge is 2.46. The molecule has 2 aliphatic heterocycles. The summed E-state index contributed by atoms with van der Waals surface area (Å²) in [5.41, 5.74) is 2.59. The Hall–Kier alpha value is -1.78. The van der Waals surface area contributed by atoms with E-state index in [0.29, 0.717) is 13.5 Å². The van der Waals surface area contributed by atoms with Gasteiger partial charge in [0, 0.05) is 71.3 Å². The van der Waals surface area contributed by atoms with Crippen LogP contribution in [-0.2, 0) is 25.1 Å². The van der Waals surface area contributed by atoms with E-state index in [4.69, 9.17) is 28.7 Å². The maximum absolute atomic E-state index is 13.3. The topological polar surface area (TPSA) is 90.7 Å². The Bertz CT molecular complexity index is 1440. The van der Waals surface area contributed by atoms with Crippen molar-refractivity contribution < 1.29 is 23.4 Å². The van der Waals surface area contributed by atoms with Crippen molar-refractivity contribution in [2.45, 2.75) is 173 Å².